The summed E-state index contributed by atoms with van der Waals surface area (Å²) in [5.74, 6) is -0.276. The first-order valence-electron chi connectivity index (χ1n) is 9.56. The van der Waals surface area contributed by atoms with Gasteiger partial charge in [0.25, 0.3) is 0 Å². The number of nitrogens with zero attached hydrogens (tertiary/aromatic N) is 4. The maximum Gasteiger partial charge on any atom is 0.318 e. The Labute approximate surface area is 168 Å². The van der Waals surface area contributed by atoms with Gasteiger partial charge in [-0.05, 0) is 54.3 Å². The molecule has 8 heteroatoms. The van der Waals surface area contributed by atoms with E-state index >= 15 is 0 Å². The molecule has 0 fully saturated rings. The summed E-state index contributed by atoms with van der Waals surface area (Å²) >= 11 is 0. The number of hydrogen-bond acceptors (Lipinski definition) is 4. The molecule has 3 aromatic rings. The van der Waals surface area contributed by atoms with Crippen molar-refractivity contribution in [3.8, 4) is 5.69 Å². The number of benzene rings is 2. The topological polar surface area (TPSA) is 89.1 Å². The highest BCUT2D eigenvalue weighted by Gasteiger charge is 2.26. The van der Waals surface area contributed by atoms with Gasteiger partial charge in [0.1, 0.15) is 5.82 Å². The zero-order valence-corrected chi connectivity index (χ0v) is 16.2. The van der Waals surface area contributed by atoms with E-state index in [2.05, 4.69) is 15.6 Å². The van der Waals surface area contributed by atoms with Crippen LogP contribution < -0.4 is 11.1 Å². The Balaban J connectivity index is 1.42. The zero-order valence-electron chi connectivity index (χ0n) is 16.2. The van der Waals surface area contributed by atoms with Crippen LogP contribution in [0.1, 0.15) is 29.3 Å². The van der Waals surface area contributed by atoms with Crippen LogP contribution in [-0.4, -0.2) is 32.0 Å². The first-order valence-corrected chi connectivity index (χ1v) is 9.56. The first-order chi connectivity index (χ1) is 14.0. The quantitative estimate of drug-likeness (QED) is 0.712. The molecular weight excluding hydrogens is 371 g/mol. The van der Waals surface area contributed by atoms with Gasteiger partial charge in [-0.1, -0.05) is 23.4 Å². The molecule has 29 heavy (non-hydrogen) atoms. The Morgan fingerprint density at radius 3 is 2.93 bits per heavy atom. The largest absolute Gasteiger partial charge is 0.334 e. The van der Waals surface area contributed by atoms with Gasteiger partial charge in [0.05, 0.1) is 17.6 Å². The summed E-state index contributed by atoms with van der Waals surface area (Å²) in [4.78, 5) is 14.5. The van der Waals surface area contributed by atoms with E-state index in [1.165, 1.54) is 12.1 Å². The van der Waals surface area contributed by atoms with E-state index in [0.717, 1.165) is 22.4 Å². The zero-order chi connectivity index (χ0) is 20.4. The molecule has 0 aliphatic carbocycles. The summed E-state index contributed by atoms with van der Waals surface area (Å²) in [6, 6.07) is 12.4. The number of nitrogens with one attached hydrogen (secondary N) is 1. The Morgan fingerprint density at radius 1 is 1.28 bits per heavy atom. The van der Waals surface area contributed by atoms with Crippen LogP contribution in [0.3, 0.4) is 0 Å². The van der Waals surface area contributed by atoms with Gasteiger partial charge in [-0.3, -0.25) is 0 Å². The molecule has 3 N–H and O–H groups in total. The Hall–Kier alpha value is -3.26. The van der Waals surface area contributed by atoms with Crippen molar-refractivity contribution in [1.29, 1.82) is 0 Å². The fourth-order valence-corrected chi connectivity index (χ4v) is 3.59. The monoisotopic (exact) mass is 394 g/mol. The Bertz CT molecular complexity index is 1030. The van der Waals surface area contributed by atoms with Crippen molar-refractivity contribution in [1.82, 2.24) is 25.2 Å². The number of amides is 2. The number of nitrogens with two attached hydrogens (primary N) is 1. The normalized spacial score (nSPS) is 15.8. The number of fused-ring (bicyclic) bond motifs is 1. The molecule has 0 spiro atoms. The molecule has 1 atom stereocenters. The third-order valence-electron chi connectivity index (χ3n) is 5.19. The summed E-state index contributed by atoms with van der Waals surface area (Å²) < 4.78 is 15.2. The van der Waals surface area contributed by atoms with E-state index < -0.39 is 0 Å². The second-order valence-corrected chi connectivity index (χ2v) is 7.28. The van der Waals surface area contributed by atoms with Gasteiger partial charge in [0.15, 0.2) is 0 Å². The van der Waals surface area contributed by atoms with Gasteiger partial charge in [0, 0.05) is 25.7 Å². The number of urea groups is 1. The molecule has 1 unspecified atom stereocenters. The van der Waals surface area contributed by atoms with Crippen molar-refractivity contribution < 1.29 is 9.18 Å². The number of carbonyl (C=O) groups is 1. The average Bonchev–Trinajstić information content (AvgIpc) is 3.21. The highest BCUT2D eigenvalue weighted by Crippen LogP contribution is 2.24. The molecule has 2 amide bonds. The predicted octanol–water partition coefficient (Wildman–Crippen LogP) is 2.52. The van der Waals surface area contributed by atoms with Crippen LogP contribution in [0.25, 0.3) is 5.69 Å². The molecule has 0 bridgehead atoms. The molecule has 1 aromatic heterocycles. The number of aromatic nitrogens is 3. The lowest BCUT2D eigenvalue weighted by Gasteiger charge is -2.35. The van der Waals surface area contributed by atoms with Crippen LogP contribution in [0.2, 0.25) is 0 Å². The number of halogens is 1. The maximum absolute atomic E-state index is 13.6. The summed E-state index contributed by atoms with van der Waals surface area (Å²) in [5.41, 5.74) is 10.0. The van der Waals surface area contributed by atoms with Crippen molar-refractivity contribution in [3.05, 3.63) is 76.9 Å². The van der Waals surface area contributed by atoms with Crippen molar-refractivity contribution >= 4 is 6.03 Å². The van der Waals surface area contributed by atoms with Crippen molar-refractivity contribution in [2.75, 3.05) is 0 Å². The van der Waals surface area contributed by atoms with E-state index in [1.54, 1.807) is 15.8 Å². The fraction of sp³-hybridized carbons (Fsp3) is 0.286. The smallest absolute Gasteiger partial charge is 0.318 e. The van der Waals surface area contributed by atoms with E-state index in [0.29, 0.717) is 31.7 Å². The molecule has 4 rings (SSSR count). The number of hydrogen-bond donors (Lipinski definition) is 2. The van der Waals surface area contributed by atoms with Gasteiger partial charge in [-0.2, -0.15) is 0 Å². The highest BCUT2D eigenvalue weighted by molar-refractivity contribution is 5.75. The van der Waals surface area contributed by atoms with Crippen LogP contribution in [0.5, 0.6) is 0 Å². The highest BCUT2D eigenvalue weighted by atomic mass is 19.1. The van der Waals surface area contributed by atoms with Gasteiger partial charge < -0.3 is 16.0 Å². The third-order valence-corrected chi connectivity index (χ3v) is 5.19. The Kier molecular flexibility index (Phi) is 5.26. The molecule has 150 valence electrons. The van der Waals surface area contributed by atoms with Crippen LogP contribution in [0.4, 0.5) is 9.18 Å². The number of rotatable bonds is 4. The van der Waals surface area contributed by atoms with E-state index in [4.69, 9.17) is 5.73 Å². The SMILES string of the molecule is CC1Cc2ccc(F)cc2CN1C(=O)NCc1cccc(-n2cc(CN)nn2)c1. The molecule has 0 saturated carbocycles. The van der Waals surface area contributed by atoms with E-state index in [-0.39, 0.29) is 17.9 Å². The predicted molar refractivity (Wildman–Crippen MR) is 107 cm³/mol. The molecule has 1 aliphatic rings. The van der Waals surface area contributed by atoms with Crippen molar-refractivity contribution in [3.63, 3.8) is 0 Å². The molecular formula is C21H23FN6O. The van der Waals surface area contributed by atoms with E-state index in [1.807, 2.05) is 37.3 Å². The molecule has 7 nitrogen and oxygen atoms in total. The summed E-state index contributed by atoms with van der Waals surface area (Å²) in [5, 5.41) is 11.0. The fourth-order valence-electron chi connectivity index (χ4n) is 3.59. The lowest BCUT2D eigenvalue weighted by atomic mass is 9.95. The van der Waals surface area contributed by atoms with Crippen LogP contribution in [0, 0.1) is 5.82 Å². The van der Waals surface area contributed by atoms with Crippen LogP contribution >= 0.6 is 0 Å². The second-order valence-electron chi connectivity index (χ2n) is 7.28. The van der Waals surface area contributed by atoms with Gasteiger partial charge in [-0.15, -0.1) is 5.10 Å². The minimum absolute atomic E-state index is 0.0455. The summed E-state index contributed by atoms with van der Waals surface area (Å²) in [6.45, 7) is 3.12. The lowest BCUT2D eigenvalue weighted by Crippen LogP contribution is -2.47. The van der Waals surface area contributed by atoms with Gasteiger partial charge in [-0.25, -0.2) is 13.9 Å². The summed E-state index contributed by atoms with van der Waals surface area (Å²) in [7, 11) is 0. The lowest BCUT2D eigenvalue weighted by molar-refractivity contribution is 0.168. The standard InChI is InChI=1S/C21H23FN6O/c1-14-7-16-5-6-18(22)9-17(16)12-27(14)21(29)24-11-15-3-2-4-20(8-15)28-13-19(10-23)25-26-28/h2-6,8-9,13-14H,7,10-12,23H2,1H3,(H,24,29). The molecule has 0 saturated heterocycles. The summed E-state index contributed by atoms with van der Waals surface area (Å²) in [6.07, 6.45) is 2.50. The Morgan fingerprint density at radius 2 is 2.14 bits per heavy atom. The first kappa shape index (κ1) is 19.1. The van der Waals surface area contributed by atoms with Crippen molar-refractivity contribution in [2.24, 2.45) is 5.73 Å². The molecule has 1 aliphatic heterocycles. The van der Waals surface area contributed by atoms with Crippen molar-refractivity contribution in [2.45, 2.75) is 39.0 Å². The van der Waals surface area contributed by atoms with Gasteiger partial charge in [0.2, 0.25) is 0 Å². The molecule has 2 heterocycles. The molecule has 2 aromatic carbocycles. The maximum atomic E-state index is 13.6. The van der Waals surface area contributed by atoms with Crippen LogP contribution in [-0.2, 0) is 26.1 Å². The van der Waals surface area contributed by atoms with Gasteiger partial charge >= 0.3 is 6.03 Å². The third kappa shape index (κ3) is 4.12. The molecule has 0 radical (unpaired) electrons. The average molecular weight is 394 g/mol. The van der Waals surface area contributed by atoms with Crippen LogP contribution in [0.15, 0.2) is 48.7 Å². The van der Waals surface area contributed by atoms with E-state index in [9.17, 15) is 9.18 Å². The number of carbonyl (C=O) groups excluding carboxylic acids is 1. The second kappa shape index (κ2) is 8.00. The minimum Gasteiger partial charge on any atom is -0.334 e. The minimum atomic E-state index is -0.276.